The molecule has 0 saturated carbocycles. The molecule has 1 aromatic carbocycles. The van der Waals surface area contributed by atoms with Gasteiger partial charge in [0, 0.05) is 26.2 Å². The highest BCUT2D eigenvalue weighted by atomic mass is 32.2. The van der Waals surface area contributed by atoms with Crippen LogP contribution < -0.4 is 0 Å². The third-order valence-corrected chi connectivity index (χ3v) is 7.91. The van der Waals surface area contributed by atoms with Gasteiger partial charge in [-0.25, -0.2) is 12.8 Å². The van der Waals surface area contributed by atoms with Crippen LogP contribution in [0.25, 0.3) is 0 Å². The third-order valence-electron chi connectivity index (χ3n) is 6.02. The van der Waals surface area contributed by atoms with E-state index in [0.29, 0.717) is 32.4 Å². The number of hydrogen-bond acceptors (Lipinski definition) is 4. The Morgan fingerprint density at radius 2 is 1.81 bits per heavy atom. The van der Waals surface area contributed by atoms with Gasteiger partial charge in [0.05, 0.1) is 10.5 Å². The Morgan fingerprint density at radius 1 is 1.11 bits per heavy atom. The van der Waals surface area contributed by atoms with E-state index in [1.807, 2.05) is 4.90 Å². The van der Waals surface area contributed by atoms with Gasteiger partial charge in [0.1, 0.15) is 11.9 Å². The number of nitrogens with zero attached hydrogens (tertiary/aromatic N) is 2. The Bertz CT molecular complexity index is 815. The quantitative estimate of drug-likeness (QED) is 0.785. The molecule has 0 N–H and O–H groups in total. The zero-order chi connectivity index (χ0) is 19.1. The van der Waals surface area contributed by atoms with E-state index >= 15 is 0 Å². The molecule has 0 aliphatic carbocycles. The molecular weight excluding hydrogens is 371 g/mol. The molecule has 3 heterocycles. The van der Waals surface area contributed by atoms with Crippen molar-refractivity contribution >= 4 is 15.9 Å². The number of hydrogen-bond donors (Lipinski definition) is 0. The topological polar surface area (TPSA) is 66.9 Å². The van der Waals surface area contributed by atoms with Gasteiger partial charge in [0.25, 0.3) is 5.91 Å². The Balaban J connectivity index is 1.39. The zero-order valence-electron chi connectivity index (χ0n) is 15.3. The Labute approximate surface area is 159 Å². The molecule has 27 heavy (non-hydrogen) atoms. The number of ether oxygens (including phenoxy) is 1. The lowest BCUT2D eigenvalue weighted by Gasteiger charge is -2.38. The molecule has 0 aromatic heterocycles. The number of carbonyl (C=O) groups is 1. The van der Waals surface area contributed by atoms with E-state index in [4.69, 9.17) is 4.74 Å². The van der Waals surface area contributed by atoms with Crippen molar-refractivity contribution in [2.75, 3.05) is 26.2 Å². The minimum atomic E-state index is -3.71. The fraction of sp³-hybridized carbons (Fsp3) is 0.632. The first-order valence-corrected chi connectivity index (χ1v) is 11.1. The number of rotatable bonds is 3. The molecule has 3 saturated heterocycles. The highest BCUT2D eigenvalue weighted by Crippen LogP contribution is 2.40. The number of amides is 1. The maximum absolute atomic E-state index is 13.4. The van der Waals surface area contributed by atoms with Crippen molar-refractivity contribution in [3.05, 3.63) is 30.1 Å². The van der Waals surface area contributed by atoms with Crippen LogP contribution in [0.1, 0.15) is 38.5 Å². The van der Waals surface area contributed by atoms with E-state index in [9.17, 15) is 17.6 Å². The summed E-state index contributed by atoms with van der Waals surface area (Å²) in [5.74, 6) is -0.480. The minimum absolute atomic E-state index is 0.0205. The van der Waals surface area contributed by atoms with Crippen LogP contribution in [0.4, 0.5) is 4.39 Å². The SMILES string of the molecule is O=C([C@H]1CCC2(CCN(S(=O)(=O)c3cccc(F)c3)CC2)O1)N1CCCC1. The largest absolute Gasteiger partial charge is 0.362 e. The molecule has 1 atom stereocenters. The molecule has 1 aromatic rings. The summed E-state index contributed by atoms with van der Waals surface area (Å²) in [6.07, 6.45) is 4.32. The van der Waals surface area contributed by atoms with Gasteiger partial charge in [-0.1, -0.05) is 6.07 Å². The second kappa shape index (κ2) is 7.14. The lowest BCUT2D eigenvalue weighted by molar-refractivity contribution is -0.149. The van der Waals surface area contributed by atoms with Crippen molar-refractivity contribution in [2.45, 2.75) is 55.1 Å². The average molecular weight is 396 g/mol. The lowest BCUT2D eigenvalue weighted by atomic mass is 9.89. The number of likely N-dealkylation sites (tertiary alicyclic amines) is 1. The van der Waals surface area contributed by atoms with Crippen molar-refractivity contribution in [1.82, 2.24) is 9.21 Å². The molecule has 6 nitrogen and oxygen atoms in total. The highest BCUT2D eigenvalue weighted by molar-refractivity contribution is 7.89. The van der Waals surface area contributed by atoms with E-state index in [-0.39, 0.29) is 10.8 Å². The Kier molecular flexibility index (Phi) is 4.98. The van der Waals surface area contributed by atoms with Crippen molar-refractivity contribution in [2.24, 2.45) is 0 Å². The maximum atomic E-state index is 13.4. The van der Waals surface area contributed by atoms with Crippen LogP contribution in [-0.2, 0) is 19.6 Å². The molecule has 8 heteroatoms. The van der Waals surface area contributed by atoms with Crippen molar-refractivity contribution < 1.29 is 22.3 Å². The van der Waals surface area contributed by atoms with Gasteiger partial charge in [-0.3, -0.25) is 4.79 Å². The van der Waals surface area contributed by atoms with Gasteiger partial charge in [-0.15, -0.1) is 0 Å². The standard InChI is InChI=1S/C19H25FN2O4S/c20-15-4-3-5-16(14-15)27(24,25)22-12-8-19(9-13-22)7-6-17(26-19)18(23)21-10-1-2-11-21/h3-5,14,17H,1-2,6-13H2/t17-/m1/s1. The fourth-order valence-electron chi connectivity index (χ4n) is 4.41. The molecule has 0 unspecified atom stereocenters. The van der Waals surface area contributed by atoms with Crippen molar-refractivity contribution in [3.8, 4) is 0 Å². The highest BCUT2D eigenvalue weighted by Gasteiger charge is 2.47. The number of halogens is 1. The van der Waals surface area contributed by atoms with Crippen LogP contribution in [0.15, 0.2) is 29.2 Å². The van der Waals surface area contributed by atoms with Gasteiger partial charge >= 0.3 is 0 Å². The number of benzene rings is 1. The van der Waals surface area contributed by atoms with E-state index in [1.165, 1.54) is 22.5 Å². The summed E-state index contributed by atoms with van der Waals surface area (Å²) in [5, 5.41) is 0. The molecule has 3 aliphatic rings. The van der Waals surface area contributed by atoms with E-state index in [1.54, 1.807) is 0 Å². The molecule has 3 aliphatic heterocycles. The summed E-state index contributed by atoms with van der Waals surface area (Å²) in [4.78, 5) is 14.4. The van der Waals surface area contributed by atoms with Crippen LogP contribution in [0.5, 0.6) is 0 Å². The molecule has 3 fully saturated rings. The monoisotopic (exact) mass is 396 g/mol. The number of carbonyl (C=O) groups excluding carboxylic acids is 1. The predicted molar refractivity (Wildman–Crippen MR) is 97.0 cm³/mol. The summed E-state index contributed by atoms with van der Waals surface area (Å²) in [6.45, 7) is 2.27. The first kappa shape index (κ1) is 18.8. The molecule has 4 rings (SSSR count). The van der Waals surface area contributed by atoms with Gasteiger partial charge in [-0.2, -0.15) is 4.31 Å². The zero-order valence-corrected chi connectivity index (χ0v) is 16.1. The predicted octanol–water partition coefficient (Wildman–Crippen LogP) is 2.15. The van der Waals surface area contributed by atoms with Gasteiger partial charge in [0.15, 0.2) is 0 Å². The van der Waals surface area contributed by atoms with Crippen molar-refractivity contribution in [1.29, 1.82) is 0 Å². The number of piperidine rings is 1. The van der Waals surface area contributed by atoms with Crippen LogP contribution in [0.2, 0.25) is 0 Å². The maximum Gasteiger partial charge on any atom is 0.251 e. The molecule has 1 amide bonds. The van der Waals surface area contributed by atoms with Crippen LogP contribution in [-0.4, -0.2) is 61.4 Å². The summed E-state index contributed by atoms with van der Waals surface area (Å²) < 4.78 is 46.5. The fourth-order valence-corrected chi connectivity index (χ4v) is 5.88. The van der Waals surface area contributed by atoms with Crippen molar-refractivity contribution in [3.63, 3.8) is 0 Å². The molecular formula is C19H25FN2O4S. The van der Waals surface area contributed by atoms with E-state index < -0.39 is 27.5 Å². The van der Waals surface area contributed by atoms with Gasteiger partial charge in [0.2, 0.25) is 10.0 Å². The molecule has 0 radical (unpaired) electrons. The van der Waals surface area contributed by atoms with Crippen LogP contribution in [0, 0.1) is 5.82 Å². The summed E-state index contributed by atoms with van der Waals surface area (Å²) in [5.41, 5.74) is -0.409. The second-order valence-electron chi connectivity index (χ2n) is 7.72. The smallest absolute Gasteiger partial charge is 0.251 e. The first-order chi connectivity index (χ1) is 12.9. The minimum Gasteiger partial charge on any atom is -0.362 e. The second-order valence-corrected chi connectivity index (χ2v) is 9.66. The average Bonchev–Trinajstić information content (AvgIpc) is 3.32. The number of sulfonamides is 1. The molecule has 0 bridgehead atoms. The first-order valence-electron chi connectivity index (χ1n) is 9.62. The summed E-state index contributed by atoms with van der Waals surface area (Å²) >= 11 is 0. The molecule has 148 valence electrons. The van der Waals surface area contributed by atoms with Crippen LogP contribution in [0.3, 0.4) is 0 Å². The normalized spacial score (nSPS) is 26.0. The summed E-state index contributed by atoms with van der Waals surface area (Å²) in [7, 11) is -3.71. The third kappa shape index (κ3) is 3.62. The van der Waals surface area contributed by atoms with Gasteiger partial charge < -0.3 is 9.64 Å². The Hall–Kier alpha value is -1.51. The summed E-state index contributed by atoms with van der Waals surface area (Å²) in [6, 6.07) is 5.10. The van der Waals surface area contributed by atoms with Crippen LogP contribution >= 0.6 is 0 Å². The van der Waals surface area contributed by atoms with E-state index in [0.717, 1.165) is 38.4 Å². The van der Waals surface area contributed by atoms with Gasteiger partial charge in [-0.05, 0) is 56.7 Å². The Morgan fingerprint density at radius 3 is 2.48 bits per heavy atom. The lowest BCUT2D eigenvalue weighted by Crippen LogP contribution is -2.47. The van der Waals surface area contributed by atoms with E-state index in [2.05, 4.69) is 0 Å². The molecule has 1 spiro atoms.